The fourth-order valence-corrected chi connectivity index (χ4v) is 4.03. The summed E-state index contributed by atoms with van der Waals surface area (Å²) < 4.78 is 1.50. The molecule has 6 heteroatoms. The average molecular weight is 376 g/mol. The Labute approximate surface area is 163 Å². The zero-order valence-corrected chi connectivity index (χ0v) is 16.0. The van der Waals surface area contributed by atoms with E-state index < -0.39 is 0 Å². The molecule has 144 valence electrons. The molecule has 1 fully saturated rings. The van der Waals surface area contributed by atoms with E-state index >= 15 is 0 Å². The number of likely N-dealkylation sites (tertiary alicyclic amines) is 1. The minimum absolute atomic E-state index is 0.0227. The first-order valence-electron chi connectivity index (χ1n) is 9.87. The van der Waals surface area contributed by atoms with Crippen molar-refractivity contribution in [1.29, 1.82) is 0 Å². The number of piperidine rings is 1. The van der Waals surface area contributed by atoms with E-state index in [1.807, 2.05) is 54.3 Å². The van der Waals surface area contributed by atoms with Crippen molar-refractivity contribution in [3.63, 3.8) is 0 Å². The van der Waals surface area contributed by atoms with Gasteiger partial charge >= 0.3 is 0 Å². The molecule has 1 amide bonds. The summed E-state index contributed by atoms with van der Waals surface area (Å²) in [6, 6.07) is 17.2. The fourth-order valence-electron chi connectivity index (χ4n) is 4.03. The van der Waals surface area contributed by atoms with Crippen molar-refractivity contribution < 1.29 is 4.79 Å². The summed E-state index contributed by atoms with van der Waals surface area (Å²) in [7, 11) is 0. The highest BCUT2D eigenvalue weighted by atomic mass is 16.2. The van der Waals surface area contributed by atoms with Crippen LogP contribution >= 0.6 is 0 Å². The van der Waals surface area contributed by atoms with Gasteiger partial charge in [0.15, 0.2) is 0 Å². The third kappa shape index (κ3) is 3.42. The van der Waals surface area contributed by atoms with Gasteiger partial charge in [-0.05, 0) is 37.0 Å². The molecule has 3 aromatic rings. The van der Waals surface area contributed by atoms with Crippen molar-refractivity contribution in [2.24, 2.45) is 0 Å². The number of carbonyl (C=O) groups is 1. The van der Waals surface area contributed by atoms with Crippen LogP contribution in [0.4, 0.5) is 0 Å². The van der Waals surface area contributed by atoms with Crippen molar-refractivity contribution in [3.05, 3.63) is 70.5 Å². The van der Waals surface area contributed by atoms with Crippen LogP contribution < -0.4 is 5.56 Å². The van der Waals surface area contributed by atoms with Crippen molar-refractivity contribution >= 4 is 16.8 Å². The largest absolute Gasteiger partial charge is 0.342 e. The lowest BCUT2D eigenvalue weighted by atomic mass is 9.93. The maximum absolute atomic E-state index is 13.0. The minimum atomic E-state index is -0.110. The van der Waals surface area contributed by atoms with Crippen LogP contribution in [0.25, 0.3) is 10.9 Å². The van der Waals surface area contributed by atoms with Crippen molar-refractivity contribution in [2.75, 3.05) is 13.1 Å². The van der Waals surface area contributed by atoms with E-state index in [1.54, 1.807) is 12.1 Å². The molecule has 0 saturated carbocycles. The van der Waals surface area contributed by atoms with E-state index in [4.69, 9.17) is 0 Å². The summed E-state index contributed by atoms with van der Waals surface area (Å²) in [4.78, 5) is 27.7. The number of amides is 1. The molecular weight excluding hydrogens is 352 g/mol. The lowest BCUT2D eigenvalue weighted by Crippen LogP contribution is -2.43. The van der Waals surface area contributed by atoms with E-state index in [2.05, 4.69) is 10.3 Å². The van der Waals surface area contributed by atoms with E-state index in [-0.39, 0.29) is 23.4 Å². The monoisotopic (exact) mass is 376 g/mol. The molecule has 0 spiro atoms. The summed E-state index contributed by atoms with van der Waals surface area (Å²) in [5, 5.41) is 8.92. The number of hydrogen-bond donors (Lipinski definition) is 0. The molecule has 1 aliphatic heterocycles. The molecule has 1 saturated heterocycles. The van der Waals surface area contributed by atoms with Crippen LogP contribution in [0.3, 0.4) is 0 Å². The highest BCUT2D eigenvalue weighted by Crippen LogP contribution is 2.26. The van der Waals surface area contributed by atoms with E-state index in [0.29, 0.717) is 36.8 Å². The molecule has 0 radical (unpaired) electrons. The molecule has 0 N–H and O–H groups in total. The summed E-state index contributed by atoms with van der Waals surface area (Å²) in [5.41, 5.74) is 1.57. The first-order valence-corrected chi connectivity index (χ1v) is 9.87. The van der Waals surface area contributed by atoms with Crippen molar-refractivity contribution in [3.8, 4) is 0 Å². The van der Waals surface area contributed by atoms with Gasteiger partial charge in [0.2, 0.25) is 5.91 Å². The highest BCUT2D eigenvalue weighted by Gasteiger charge is 2.29. The summed E-state index contributed by atoms with van der Waals surface area (Å²) in [6.45, 7) is 3.31. The van der Waals surface area contributed by atoms with E-state index in [0.717, 1.165) is 12.0 Å². The highest BCUT2D eigenvalue weighted by molar-refractivity contribution is 5.83. The van der Waals surface area contributed by atoms with Crippen LogP contribution in [-0.4, -0.2) is 38.9 Å². The molecule has 4 rings (SSSR count). The smallest absolute Gasteiger partial charge is 0.277 e. The van der Waals surface area contributed by atoms with Crippen molar-refractivity contribution in [2.45, 2.75) is 38.1 Å². The van der Waals surface area contributed by atoms with Crippen LogP contribution in [0.1, 0.15) is 43.7 Å². The topological polar surface area (TPSA) is 68.1 Å². The Bertz CT molecular complexity index is 1020. The number of nitrogens with zero attached hydrogens (tertiary/aromatic N) is 4. The van der Waals surface area contributed by atoms with Gasteiger partial charge in [0, 0.05) is 13.1 Å². The van der Waals surface area contributed by atoms with Gasteiger partial charge in [-0.2, -0.15) is 0 Å². The van der Waals surface area contributed by atoms with Crippen molar-refractivity contribution in [1.82, 2.24) is 19.9 Å². The maximum atomic E-state index is 13.0. The Morgan fingerprint density at radius 2 is 1.75 bits per heavy atom. The van der Waals surface area contributed by atoms with Gasteiger partial charge < -0.3 is 4.90 Å². The van der Waals surface area contributed by atoms with Gasteiger partial charge in [0.1, 0.15) is 5.52 Å². The number of aromatic nitrogens is 3. The molecule has 1 aromatic heterocycles. The second kappa shape index (κ2) is 7.92. The second-order valence-electron chi connectivity index (χ2n) is 7.28. The summed E-state index contributed by atoms with van der Waals surface area (Å²) in [5.74, 6) is 0.0602. The fraction of sp³-hybridized carbons (Fsp3) is 0.364. The molecular formula is C22H24N4O2. The lowest BCUT2D eigenvalue weighted by Gasteiger charge is -2.34. The SMILES string of the molecule is CCC(C(=O)N1CCC(n2nnc3ccccc3c2=O)CC1)c1ccccc1. The average Bonchev–Trinajstić information content (AvgIpc) is 2.76. The number of benzene rings is 2. The standard InChI is InChI=1S/C22H24N4O2/c1-2-18(16-8-4-3-5-9-16)21(27)25-14-12-17(13-15-25)26-22(28)19-10-6-7-11-20(19)23-24-26/h3-11,17-18H,2,12-15H2,1H3. The zero-order valence-electron chi connectivity index (χ0n) is 16.0. The Kier molecular flexibility index (Phi) is 5.19. The third-order valence-corrected chi connectivity index (χ3v) is 5.62. The number of hydrogen-bond acceptors (Lipinski definition) is 4. The lowest BCUT2D eigenvalue weighted by molar-refractivity contribution is -0.134. The predicted molar refractivity (Wildman–Crippen MR) is 108 cm³/mol. The Hall–Kier alpha value is -3.02. The number of carbonyl (C=O) groups excluding carboxylic acids is 1. The predicted octanol–water partition coefficient (Wildman–Crippen LogP) is 3.15. The van der Waals surface area contributed by atoms with Crippen LogP contribution in [-0.2, 0) is 4.79 Å². The van der Waals surface area contributed by atoms with E-state index in [9.17, 15) is 9.59 Å². The molecule has 1 aliphatic rings. The quantitative estimate of drug-likeness (QED) is 0.701. The molecule has 2 aromatic carbocycles. The van der Waals surface area contributed by atoms with Crippen LogP contribution in [0.5, 0.6) is 0 Å². The Morgan fingerprint density at radius 1 is 1.07 bits per heavy atom. The van der Waals surface area contributed by atoms with Gasteiger partial charge in [0.05, 0.1) is 17.3 Å². The molecule has 6 nitrogen and oxygen atoms in total. The maximum Gasteiger partial charge on any atom is 0.277 e. The minimum Gasteiger partial charge on any atom is -0.342 e. The molecule has 0 aliphatic carbocycles. The number of rotatable bonds is 4. The summed E-state index contributed by atoms with van der Waals surface area (Å²) >= 11 is 0. The first-order chi connectivity index (χ1) is 13.7. The van der Waals surface area contributed by atoms with Gasteiger partial charge in [-0.25, -0.2) is 4.68 Å². The zero-order chi connectivity index (χ0) is 19.5. The van der Waals surface area contributed by atoms with Gasteiger partial charge in [-0.3, -0.25) is 9.59 Å². The van der Waals surface area contributed by atoms with Crippen LogP contribution in [0.2, 0.25) is 0 Å². The molecule has 28 heavy (non-hydrogen) atoms. The molecule has 0 bridgehead atoms. The Balaban J connectivity index is 1.48. The van der Waals surface area contributed by atoms with Crippen LogP contribution in [0.15, 0.2) is 59.4 Å². The third-order valence-electron chi connectivity index (χ3n) is 5.62. The van der Waals surface area contributed by atoms with Crippen LogP contribution in [0, 0.1) is 0 Å². The first kappa shape index (κ1) is 18.3. The molecule has 2 heterocycles. The Morgan fingerprint density at radius 3 is 2.46 bits per heavy atom. The van der Waals surface area contributed by atoms with Gasteiger partial charge in [0.25, 0.3) is 5.56 Å². The number of fused-ring (bicyclic) bond motifs is 1. The summed E-state index contributed by atoms with van der Waals surface area (Å²) in [6.07, 6.45) is 2.20. The molecule has 1 unspecified atom stereocenters. The van der Waals surface area contributed by atoms with Gasteiger partial charge in [-0.1, -0.05) is 54.6 Å². The second-order valence-corrected chi connectivity index (χ2v) is 7.28. The normalized spacial score (nSPS) is 16.2. The van der Waals surface area contributed by atoms with Gasteiger partial charge in [-0.15, -0.1) is 5.10 Å². The molecule has 1 atom stereocenters. The van der Waals surface area contributed by atoms with E-state index in [1.165, 1.54) is 4.68 Å².